The Kier molecular flexibility index (Phi) is 7.25. The van der Waals surface area contributed by atoms with Gasteiger partial charge < -0.3 is 10.1 Å². The van der Waals surface area contributed by atoms with E-state index in [2.05, 4.69) is 20.4 Å². The van der Waals surface area contributed by atoms with Crippen LogP contribution in [0.4, 0.5) is 10.2 Å². The fourth-order valence-corrected chi connectivity index (χ4v) is 5.05. The summed E-state index contributed by atoms with van der Waals surface area (Å²) in [6.07, 6.45) is 5.13. The Labute approximate surface area is 215 Å². The molecule has 1 saturated heterocycles. The number of ether oxygens (including phenoxy) is 1. The van der Waals surface area contributed by atoms with Gasteiger partial charge in [-0.25, -0.2) is 9.37 Å². The third-order valence-electron chi connectivity index (χ3n) is 6.78. The van der Waals surface area contributed by atoms with Gasteiger partial charge in [0.2, 0.25) is 0 Å². The second-order valence-electron chi connectivity index (χ2n) is 9.45. The Bertz CT molecular complexity index is 1410. The number of fused-ring (bicyclic) bond motifs is 1. The lowest BCUT2D eigenvalue weighted by atomic mass is 10.0. The molecule has 1 aliphatic rings. The fourth-order valence-electron chi connectivity index (χ4n) is 5.05. The smallest absolute Gasteiger partial charge is 0.278 e. The maximum atomic E-state index is 14.2. The first kappa shape index (κ1) is 25.0. The molecule has 9 heteroatoms. The number of pyridine rings is 2. The highest BCUT2D eigenvalue weighted by Gasteiger charge is 2.31. The van der Waals surface area contributed by atoms with Gasteiger partial charge in [-0.2, -0.15) is 5.10 Å². The lowest BCUT2D eigenvalue weighted by Crippen LogP contribution is -2.49. The number of amides is 1. The van der Waals surface area contributed by atoms with Crippen molar-refractivity contribution in [1.82, 2.24) is 25.1 Å². The first-order valence-corrected chi connectivity index (χ1v) is 12.5. The van der Waals surface area contributed by atoms with Gasteiger partial charge in [-0.15, -0.1) is 0 Å². The second-order valence-corrected chi connectivity index (χ2v) is 9.45. The Morgan fingerprint density at radius 3 is 2.81 bits per heavy atom. The third kappa shape index (κ3) is 5.10. The zero-order chi connectivity index (χ0) is 25.9. The van der Waals surface area contributed by atoms with Crippen molar-refractivity contribution in [3.05, 3.63) is 71.6 Å². The molecule has 1 N–H and O–H groups in total. The molecule has 0 saturated carbocycles. The molecule has 0 radical (unpaired) electrons. The van der Waals surface area contributed by atoms with Crippen LogP contribution in [0.3, 0.4) is 0 Å². The summed E-state index contributed by atoms with van der Waals surface area (Å²) in [6.45, 7) is 6.52. The number of rotatable bonds is 7. The number of halogens is 1. The van der Waals surface area contributed by atoms with Crippen LogP contribution in [-0.4, -0.2) is 58.5 Å². The van der Waals surface area contributed by atoms with Gasteiger partial charge >= 0.3 is 0 Å². The van der Waals surface area contributed by atoms with Crippen LogP contribution in [0.15, 0.2) is 48.8 Å². The highest BCUT2D eigenvalue weighted by atomic mass is 19.1. The zero-order valence-electron chi connectivity index (χ0n) is 21.4. The lowest BCUT2D eigenvalue weighted by molar-refractivity contribution is 0.0967. The molecule has 192 valence electrons. The standard InChI is InChI=1S/C28H31FN6O2/c1-18-13-22(29)15-20-8-10-31-27(26(18)20)35(23-5-4-9-30-17-23)28(36)24-7-6-21(16-32-24)25-14-19(2)33-34(25)11-12-37-3/h6-8,10,13-16,23,30H,4-5,9,11-12,17H2,1-3H3. The molecule has 1 aliphatic heterocycles. The summed E-state index contributed by atoms with van der Waals surface area (Å²) in [7, 11) is 1.66. The molecular formula is C28H31FN6O2. The number of hydrogen-bond acceptors (Lipinski definition) is 6. The topological polar surface area (TPSA) is 85.2 Å². The molecule has 0 bridgehead atoms. The Morgan fingerprint density at radius 1 is 1.22 bits per heavy atom. The van der Waals surface area contributed by atoms with Crippen LogP contribution < -0.4 is 10.2 Å². The monoisotopic (exact) mass is 502 g/mol. The number of aromatic nitrogens is 4. The summed E-state index contributed by atoms with van der Waals surface area (Å²) in [4.78, 5) is 25.0. The molecule has 4 heterocycles. The molecule has 0 aliphatic carbocycles. The molecule has 1 fully saturated rings. The molecular weight excluding hydrogens is 471 g/mol. The Hall–Kier alpha value is -3.69. The van der Waals surface area contributed by atoms with Crippen molar-refractivity contribution < 1.29 is 13.9 Å². The summed E-state index contributed by atoms with van der Waals surface area (Å²) in [5, 5.41) is 9.43. The summed E-state index contributed by atoms with van der Waals surface area (Å²) in [5.74, 6) is -0.00233. The number of nitrogens with zero attached hydrogens (tertiary/aromatic N) is 5. The number of benzene rings is 1. The third-order valence-corrected chi connectivity index (χ3v) is 6.78. The number of carbonyl (C=O) groups is 1. The quantitative estimate of drug-likeness (QED) is 0.406. The van der Waals surface area contributed by atoms with E-state index in [9.17, 15) is 9.18 Å². The van der Waals surface area contributed by atoms with Gasteiger partial charge in [0.25, 0.3) is 5.91 Å². The van der Waals surface area contributed by atoms with E-state index < -0.39 is 0 Å². The van der Waals surface area contributed by atoms with Gasteiger partial charge in [-0.1, -0.05) is 0 Å². The highest BCUT2D eigenvalue weighted by Crippen LogP contribution is 2.32. The minimum Gasteiger partial charge on any atom is -0.383 e. The number of anilines is 1. The first-order valence-electron chi connectivity index (χ1n) is 12.5. The molecule has 3 aromatic heterocycles. The SMILES string of the molecule is COCCn1nc(C)cc1-c1ccc(C(=O)N(c2nccc3cc(F)cc(C)c23)C2CCCNC2)nc1. The van der Waals surface area contributed by atoms with Gasteiger partial charge in [0.1, 0.15) is 17.3 Å². The van der Waals surface area contributed by atoms with E-state index in [0.717, 1.165) is 47.3 Å². The molecule has 1 unspecified atom stereocenters. The van der Waals surface area contributed by atoms with E-state index in [1.807, 2.05) is 30.7 Å². The maximum Gasteiger partial charge on any atom is 0.278 e. The largest absolute Gasteiger partial charge is 0.383 e. The van der Waals surface area contributed by atoms with Crippen LogP contribution in [-0.2, 0) is 11.3 Å². The Morgan fingerprint density at radius 2 is 2.08 bits per heavy atom. The van der Waals surface area contributed by atoms with Gasteiger partial charge in [0, 0.05) is 37.0 Å². The van der Waals surface area contributed by atoms with E-state index in [1.54, 1.807) is 36.5 Å². The number of methoxy groups -OCH3 is 1. The van der Waals surface area contributed by atoms with Gasteiger partial charge in [0.05, 0.1) is 30.6 Å². The number of hydrogen-bond donors (Lipinski definition) is 1. The molecule has 1 amide bonds. The van der Waals surface area contributed by atoms with Crippen molar-refractivity contribution in [2.24, 2.45) is 0 Å². The van der Waals surface area contributed by atoms with Crippen molar-refractivity contribution >= 4 is 22.5 Å². The van der Waals surface area contributed by atoms with E-state index in [0.29, 0.717) is 36.6 Å². The van der Waals surface area contributed by atoms with Crippen LogP contribution in [0.2, 0.25) is 0 Å². The lowest BCUT2D eigenvalue weighted by Gasteiger charge is -2.34. The predicted molar refractivity (Wildman–Crippen MR) is 141 cm³/mol. The van der Waals surface area contributed by atoms with Crippen LogP contribution in [0.1, 0.15) is 34.6 Å². The van der Waals surface area contributed by atoms with Gasteiger partial charge in [-0.3, -0.25) is 19.4 Å². The number of piperidine rings is 1. The molecule has 37 heavy (non-hydrogen) atoms. The summed E-state index contributed by atoms with van der Waals surface area (Å²) in [5.41, 5.74) is 3.75. The maximum absolute atomic E-state index is 14.2. The predicted octanol–water partition coefficient (Wildman–Crippen LogP) is 4.29. The van der Waals surface area contributed by atoms with Crippen molar-refractivity contribution in [3.8, 4) is 11.3 Å². The molecule has 4 aromatic rings. The molecule has 8 nitrogen and oxygen atoms in total. The molecule has 1 aromatic carbocycles. The molecule has 1 atom stereocenters. The molecule has 0 spiro atoms. The first-order chi connectivity index (χ1) is 18.0. The average molecular weight is 503 g/mol. The summed E-state index contributed by atoms with van der Waals surface area (Å²) < 4.78 is 21.2. The second kappa shape index (κ2) is 10.7. The van der Waals surface area contributed by atoms with E-state index in [4.69, 9.17) is 4.74 Å². The van der Waals surface area contributed by atoms with Crippen LogP contribution in [0.5, 0.6) is 0 Å². The van der Waals surface area contributed by atoms with Crippen LogP contribution in [0.25, 0.3) is 22.0 Å². The van der Waals surface area contributed by atoms with Crippen molar-refractivity contribution in [3.63, 3.8) is 0 Å². The van der Waals surface area contributed by atoms with Crippen molar-refractivity contribution in [2.45, 2.75) is 39.3 Å². The van der Waals surface area contributed by atoms with Crippen molar-refractivity contribution in [1.29, 1.82) is 0 Å². The minimum atomic E-state index is -0.309. The number of aryl methyl sites for hydroxylation is 2. The van der Waals surface area contributed by atoms with E-state index >= 15 is 0 Å². The van der Waals surface area contributed by atoms with Crippen molar-refractivity contribution in [2.75, 3.05) is 31.7 Å². The fraction of sp³-hybridized carbons (Fsp3) is 0.357. The highest BCUT2D eigenvalue weighted by molar-refractivity contribution is 6.10. The van der Waals surface area contributed by atoms with E-state index in [-0.39, 0.29) is 17.8 Å². The Balaban J connectivity index is 1.53. The van der Waals surface area contributed by atoms with E-state index in [1.165, 1.54) is 12.1 Å². The number of nitrogens with one attached hydrogen (secondary N) is 1. The average Bonchev–Trinajstić information content (AvgIpc) is 3.28. The minimum absolute atomic E-state index is 0.0941. The van der Waals surface area contributed by atoms with Gasteiger partial charge in [0.15, 0.2) is 0 Å². The summed E-state index contributed by atoms with van der Waals surface area (Å²) >= 11 is 0. The molecule has 5 rings (SSSR count). The number of carbonyl (C=O) groups excluding carboxylic acids is 1. The normalized spacial score (nSPS) is 15.7. The van der Waals surface area contributed by atoms with Crippen LogP contribution >= 0.6 is 0 Å². The van der Waals surface area contributed by atoms with Crippen LogP contribution in [0, 0.1) is 19.7 Å². The van der Waals surface area contributed by atoms with Gasteiger partial charge in [-0.05, 0) is 80.6 Å². The zero-order valence-corrected chi connectivity index (χ0v) is 21.4. The summed E-state index contributed by atoms with van der Waals surface area (Å²) in [6, 6.07) is 10.3.